The van der Waals surface area contributed by atoms with Gasteiger partial charge in [-0.2, -0.15) is 0 Å². The largest absolute Gasteiger partial charge is 0.123 e. The fourth-order valence-electron chi connectivity index (χ4n) is 3.18. The van der Waals surface area contributed by atoms with E-state index < -0.39 is 0 Å². The minimum Gasteiger partial charge on any atom is -0.123 e. The smallest absolute Gasteiger partial charge is 0.0380 e. The van der Waals surface area contributed by atoms with Gasteiger partial charge in [-0.25, -0.2) is 0 Å². The Labute approximate surface area is 97.3 Å². The molecule has 0 saturated heterocycles. The summed E-state index contributed by atoms with van der Waals surface area (Å²) in [5.41, 5.74) is 0. The number of hydrogen-bond donors (Lipinski definition) is 0. The summed E-state index contributed by atoms with van der Waals surface area (Å²) in [5, 5.41) is 0.701. The van der Waals surface area contributed by atoms with Gasteiger partial charge in [-0.3, -0.25) is 0 Å². The third kappa shape index (κ3) is 2.58. The van der Waals surface area contributed by atoms with Crippen LogP contribution in [-0.2, 0) is 0 Å². The lowest BCUT2D eigenvalue weighted by Crippen LogP contribution is -2.32. The van der Waals surface area contributed by atoms with Crippen LogP contribution in [0.2, 0.25) is 0 Å². The maximum absolute atomic E-state index is 6.43. The van der Waals surface area contributed by atoms with E-state index in [0.29, 0.717) is 10.8 Å². The van der Waals surface area contributed by atoms with Crippen molar-refractivity contribution in [1.29, 1.82) is 0 Å². The van der Waals surface area contributed by atoms with Crippen LogP contribution in [0.4, 0.5) is 0 Å². The molecular weight excluding hydrogens is 215 g/mol. The van der Waals surface area contributed by atoms with E-state index in [9.17, 15) is 0 Å². The molecule has 0 spiro atoms. The van der Waals surface area contributed by atoms with Crippen molar-refractivity contribution in [3.63, 3.8) is 0 Å². The first-order chi connectivity index (χ1) is 6.77. The highest BCUT2D eigenvalue weighted by atomic mass is 35.5. The summed E-state index contributed by atoms with van der Waals surface area (Å²) in [4.78, 5) is 0. The molecule has 2 heteroatoms. The molecule has 0 amide bonds. The summed E-state index contributed by atoms with van der Waals surface area (Å²) in [7, 11) is 0. The summed E-state index contributed by atoms with van der Waals surface area (Å²) in [6.07, 6.45) is 10.6. The number of rotatable bonds is 1. The maximum atomic E-state index is 6.43. The van der Waals surface area contributed by atoms with Crippen molar-refractivity contribution in [2.45, 2.75) is 62.1 Å². The summed E-state index contributed by atoms with van der Waals surface area (Å²) >= 11 is 12.6. The highest BCUT2D eigenvalue weighted by Crippen LogP contribution is 2.41. The molecule has 0 aliphatic heterocycles. The van der Waals surface area contributed by atoms with E-state index in [1.54, 1.807) is 0 Å². The average Bonchev–Trinajstić information content (AvgIpc) is 2.19. The van der Waals surface area contributed by atoms with Gasteiger partial charge in [0, 0.05) is 10.8 Å². The molecule has 3 unspecified atom stereocenters. The molecule has 0 aromatic rings. The molecule has 2 fully saturated rings. The summed E-state index contributed by atoms with van der Waals surface area (Å²) in [5.74, 6) is 1.68. The molecule has 0 heterocycles. The zero-order valence-corrected chi connectivity index (χ0v) is 10.2. The van der Waals surface area contributed by atoms with Gasteiger partial charge >= 0.3 is 0 Å². The Morgan fingerprint density at radius 3 is 2.14 bits per heavy atom. The SMILES string of the molecule is ClC1CCC(C2CCCCC2)C(Cl)C1. The zero-order chi connectivity index (χ0) is 9.97. The molecule has 0 radical (unpaired) electrons. The van der Waals surface area contributed by atoms with Crippen LogP contribution in [0.25, 0.3) is 0 Å². The Balaban J connectivity index is 1.89. The molecule has 0 nitrogen and oxygen atoms in total. The molecule has 0 N–H and O–H groups in total. The van der Waals surface area contributed by atoms with Crippen molar-refractivity contribution in [3.05, 3.63) is 0 Å². The van der Waals surface area contributed by atoms with Gasteiger partial charge in [0.25, 0.3) is 0 Å². The predicted molar refractivity (Wildman–Crippen MR) is 63.2 cm³/mol. The lowest BCUT2D eigenvalue weighted by atomic mass is 9.73. The second-order valence-electron chi connectivity index (χ2n) is 4.99. The Morgan fingerprint density at radius 1 is 0.786 bits per heavy atom. The Bertz CT molecular complexity index is 175. The molecule has 2 saturated carbocycles. The molecule has 0 aromatic carbocycles. The van der Waals surface area contributed by atoms with Gasteiger partial charge in [0.1, 0.15) is 0 Å². The van der Waals surface area contributed by atoms with Gasteiger partial charge in [-0.1, -0.05) is 32.1 Å². The van der Waals surface area contributed by atoms with E-state index in [1.165, 1.54) is 44.9 Å². The zero-order valence-electron chi connectivity index (χ0n) is 8.72. The van der Waals surface area contributed by atoms with Gasteiger partial charge in [0.2, 0.25) is 0 Å². The van der Waals surface area contributed by atoms with E-state index in [4.69, 9.17) is 23.2 Å². The molecule has 2 rings (SSSR count). The van der Waals surface area contributed by atoms with Crippen LogP contribution in [-0.4, -0.2) is 10.8 Å². The van der Waals surface area contributed by atoms with Crippen molar-refractivity contribution < 1.29 is 0 Å². The molecule has 0 bridgehead atoms. The van der Waals surface area contributed by atoms with Crippen molar-refractivity contribution in [2.24, 2.45) is 11.8 Å². The van der Waals surface area contributed by atoms with E-state index in [1.807, 2.05) is 0 Å². The maximum Gasteiger partial charge on any atom is 0.0380 e. The minimum atomic E-state index is 0.345. The lowest BCUT2D eigenvalue weighted by Gasteiger charge is -2.37. The molecule has 3 atom stereocenters. The number of alkyl halides is 2. The molecule has 14 heavy (non-hydrogen) atoms. The predicted octanol–water partition coefficient (Wildman–Crippen LogP) is 4.58. The first-order valence-electron chi connectivity index (χ1n) is 6.05. The second-order valence-corrected chi connectivity index (χ2v) is 6.17. The topological polar surface area (TPSA) is 0 Å². The third-order valence-electron chi connectivity index (χ3n) is 4.01. The van der Waals surface area contributed by atoms with Gasteiger partial charge in [-0.05, 0) is 31.1 Å². The fraction of sp³-hybridized carbons (Fsp3) is 1.00. The van der Waals surface area contributed by atoms with Crippen LogP contribution >= 0.6 is 23.2 Å². The molecule has 2 aliphatic rings. The Kier molecular flexibility index (Phi) is 4.01. The van der Waals surface area contributed by atoms with Gasteiger partial charge < -0.3 is 0 Å². The van der Waals surface area contributed by atoms with Crippen LogP contribution in [0.5, 0.6) is 0 Å². The fourth-order valence-corrected chi connectivity index (χ4v) is 4.14. The van der Waals surface area contributed by atoms with Crippen molar-refractivity contribution in [3.8, 4) is 0 Å². The Hall–Kier alpha value is 0.580. The van der Waals surface area contributed by atoms with Crippen LogP contribution < -0.4 is 0 Å². The lowest BCUT2D eigenvalue weighted by molar-refractivity contribution is 0.202. The van der Waals surface area contributed by atoms with Crippen molar-refractivity contribution in [2.75, 3.05) is 0 Å². The monoisotopic (exact) mass is 234 g/mol. The molecule has 2 aliphatic carbocycles. The standard InChI is InChI=1S/C12H20Cl2/c13-10-6-7-11(12(14)8-10)9-4-2-1-3-5-9/h9-12H,1-8H2. The van der Waals surface area contributed by atoms with Crippen molar-refractivity contribution in [1.82, 2.24) is 0 Å². The Morgan fingerprint density at radius 2 is 1.50 bits per heavy atom. The summed E-state index contributed by atoms with van der Waals surface area (Å²) in [6.45, 7) is 0. The van der Waals surface area contributed by atoms with Gasteiger partial charge in [0.15, 0.2) is 0 Å². The highest BCUT2D eigenvalue weighted by molar-refractivity contribution is 6.23. The molecule has 82 valence electrons. The molecular formula is C12H20Cl2. The quantitative estimate of drug-likeness (QED) is 0.583. The van der Waals surface area contributed by atoms with E-state index in [2.05, 4.69) is 0 Å². The third-order valence-corrected chi connectivity index (χ3v) is 4.91. The van der Waals surface area contributed by atoms with Crippen LogP contribution in [0.15, 0.2) is 0 Å². The first-order valence-corrected chi connectivity index (χ1v) is 6.93. The van der Waals surface area contributed by atoms with E-state index in [0.717, 1.165) is 18.3 Å². The molecule has 0 aromatic heterocycles. The highest BCUT2D eigenvalue weighted by Gasteiger charge is 2.34. The average molecular weight is 235 g/mol. The number of hydrogen-bond acceptors (Lipinski definition) is 0. The van der Waals surface area contributed by atoms with Gasteiger partial charge in [0.05, 0.1) is 0 Å². The second kappa shape index (κ2) is 5.07. The van der Waals surface area contributed by atoms with Crippen LogP contribution in [0.3, 0.4) is 0 Å². The first kappa shape index (κ1) is 11.1. The minimum absolute atomic E-state index is 0.345. The van der Waals surface area contributed by atoms with Crippen LogP contribution in [0.1, 0.15) is 51.4 Å². The van der Waals surface area contributed by atoms with E-state index in [-0.39, 0.29) is 0 Å². The van der Waals surface area contributed by atoms with Crippen LogP contribution in [0, 0.1) is 11.8 Å². The normalized spacial score (nSPS) is 41.1. The summed E-state index contributed by atoms with van der Waals surface area (Å²) in [6, 6.07) is 0. The van der Waals surface area contributed by atoms with Crippen molar-refractivity contribution >= 4 is 23.2 Å². The summed E-state index contributed by atoms with van der Waals surface area (Å²) < 4.78 is 0. The number of halogens is 2. The van der Waals surface area contributed by atoms with Gasteiger partial charge in [-0.15, -0.1) is 23.2 Å². The van der Waals surface area contributed by atoms with E-state index >= 15 is 0 Å².